The third kappa shape index (κ3) is 8.26. The van der Waals surface area contributed by atoms with Crippen LogP contribution in [0.1, 0.15) is 41.0 Å². The average Bonchev–Trinajstić information content (AvgIpc) is 1.99. The Morgan fingerprint density at radius 1 is 1.23 bits per heavy atom. The van der Waals surface area contributed by atoms with Crippen molar-refractivity contribution >= 4 is 0 Å². The van der Waals surface area contributed by atoms with Gasteiger partial charge in [-0.1, -0.05) is 6.92 Å². The Morgan fingerprint density at radius 3 is 2.15 bits per heavy atom. The highest BCUT2D eigenvalue weighted by Gasteiger charge is 2.12. The Labute approximate surface area is 83.1 Å². The van der Waals surface area contributed by atoms with E-state index in [2.05, 4.69) is 39.9 Å². The maximum atomic E-state index is 5.22. The summed E-state index contributed by atoms with van der Waals surface area (Å²) < 4.78 is 5.22. The second-order valence-electron chi connectivity index (χ2n) is 5.02. The van der Waals surface area contributed by atoms with Crippen molar-refractivity contribution in [2.45, 2.75) is 52.7 Å². The molecule has 0 aromatic carbocycles. The molecule has 0 fully saturated rings. The molecule has 2 atom stereocenters. The van der Waals surface area contributed by atoms with Gasteiger partial charge >= 0.3 is 0 Å². The van der Waals surface area contributed by atoms with Crippen LogP contribution in [0.4, 0.5) is 0 Å². The lowest BCUT2D eigenvalue weighted by Gasteiger charge is -2.24. The summed E-state index contributed by atoms with van der Waals surface area (Å²) in [5, 5.41) is 3.50. The smallest absolute Gasteiger partial charge is 0.0546 e. The van der Waals surface area contributed by atoms with Crippen LogP contribution >= 0.6 is 0 Å². The molecule has 80 valence electrons. The summed E-state index contributed by atoms with van der Waals surface area (Å²) in [6, 6.07) is 0. The first-order valence-electron chi connectivity index (χ1n) is 5.13. The molecule has 0 radical (unpaired) electrons. The maximum absolute atomic E-state index is 5.22. The van der Waals surface area contributed by atoms with Crippen molar-refractivity contribution in [3.63, 3.8) is 0 Å². The van der Waals surface area contributed by atoms with Gasteiger partial charge in [-0.2, -0.15) is 0 Å². The Morgan fingerprint density at radius 2 is 1.77 bits per heavy atom. The molecule has 13 heavy (non-hydrogen) atoms. The zero-order valence-corrected chi connectivity index (χ0v) is 9.98. The van der Waals surface area contributed by atoms with Crippen molar-refractivity contribution in [2.75, 3.05) is 13.7 Å². The van der Waals surface area contributed by atoms with E-state index in [9.17, 15) is 0 Å². The van der Waals surface area contributed by atoms with Crippen LogP contribution in [0, 0.1) is 5.92 Å². The molecule has 0 aliphatic heterocycles. The minimum Gasteiger partial charge on any atom is -0.382 e. The summed E-state index contributed by atoms with van der Waals surface area (Å²) in [6.07, 6.45) is 1.50. The predicted octanol–water partition coefficient (Wildman–Crippen LogP) is 2.44. The maximum Gasteiger partial charge on any atom is 0.0546 e. The number of nitrogens with one attached hydrogen (secondary N) is 1. The summed E-state index contributed by atoms with van der Waals surface area (Å²) in [6.45, 7) is 12.0. The molecule has 0 heterocycles. The van der Waals surface area contributed by atoms with Crippen LogP contribution in [-0.2, 0) is 4.74 Å². The van der Waals surface area contributed by atoms with Gasteiger partial charge in [0, 0.05) is 12.6 Å². The first-order valence-corrected chi connectivity index (χ1v) is 5.13. The van der Waals surface area contributed by atoms with Crippen LogP contribution in [-0.4, -0.2) is 25.3 Å². The first-order chi connectivity index (χ1) is 5.85. The van der Waals surface area contributed by atoms with Crippen LogP contribution in [0.5, 0.6) is 0 Å². The minimum atomic E-state index is 0.227. The van der Waals surface area contributed by atoms with Crippen molar-refractivity contribution in [1.29, 1.82) is 0 Å². The first kappa shape index (κ1) is 12.9. The van der Waals surface area contributed by atoms with E-state index in [1.807, 2.05) is 0 Å². The summed E-state index contributed by atoms with van der Waals surface area (Å²) in [7, 11) is 1.77. The van der Waals surface area contributed by atoms with Crippen molar-refractivity contribution in [3.05, 3.63) is 0 Å². The molecule has 0 spiro atoms. The molecule has 0 aromatic heterocycles. The number of methoxy groups -OCH3 is 1. The third-order valence-electron chi connectivity index (χ3n) is 2.12. The summed E-state index contributed by atoms with van der Waals surface area (Å²) >= 11 is 0. The molecule has 0 bridgehead atoms. The normalized spacial score (nSPS) is 17.1. The number of ether oxygens (including phenoxy) is 1. The van der Waals surface area contributed by atoms with Gasteiger partial charge in [0.25, 0.3) is 0 Å². The molecule has 2 unspecified atom stereocenters. The fourth-order valence-corrected chi connectivity index (χ4v) is 1.23. The monoisotopic (exact) mass is 187 g/mol. The van der Waals surface area contributed by atoms with E-state index < -0.39 is 0 Å². The van der Waals surface area contributed by atoms with Crippen molar-refractivity contribution in [1.82, 2.24) is 5.32 Å². The van der Waals surface area contributed by atoms with Gasteiger partial charge in [0.1, 0.15) is 0 Å². The average molecular weight is 187 g/mol. The van der Waals surface area contributed by atoms with Crippen LogP contribution < -0.4 is 5.32 Å². The highest BCUT2D eigenvalue weighted by atomic mass is 16.5. The van der Waals surface area contributed by atoms with Gasteiger partial charge in [0.15, 0.2) is 0 Å². The lowest BCUT2D eigenvalue weighted by molar-refractivity contribution is 0.0961. The molecule has 0 aliphatic rings. The fourth-order valence-electron chi connectivity index (χ4n) is 1.23. The highest BCUT2D eigenvalue weighted by Crippen LogP contribution is 2.08. The van der Waals surface area contributed by atoms with E-state index in [0.717, 1.165) is 13.0 Å². The number of rotatable bonds is 5. The lowest BCUT2D eigenvalue weighted by atomic mass is 10.0. The topological polar surface area (TPSA) is 21.3 Å². The van der Waals surface area contributed by atoms with Gasteiger partial charge < -0.3 is 10.1 Å². The molecule has 2 nitrogen and oxygen atoms in total. The molecule has 0 aliphatic carbocycles. The molecule has 0 aromatic rings. The molecular formula is C11H25NO. The van der Waals surface area contributed by atoms with Gasteiger partial charge in [0.2, 0.25) is 0 Å². The second kappa shape index (κ2) is 5.61. The Hall–Kier alpha value is -0.0800. The third-order valence-corrected chi connectivity index (χ3v) is 2.12. The van der Waals surface area contributed by atoms with Crippen LogP contribution in [0.2, 0.25) is 0 Å². The highest BCUT2D eigenvalue weighted by molar-refractivity contribution is 4.72. The van der Waals surface area contributed by atoms with Crippen LogP contribution in [0.25, 0.3) is 0 Å². The number of hydrogen-bond acceptors (Lipinski definition) is 2. The van der Waals surface area contributed by atoms with Gasteiger partial charge in [0.05, 0.1) is 6.10 Å². The molecule has 0 amide bonds. The predicted molar refractivity (Wildman–Crippen MR) is 58.0 cm³/mol. The van der Waals surface area contributed by atoms with Crippen molar-refractivity contribution in [3.8, 4) is 0 Å². The van der Waals surface area contributed by atoms with E-state index in [0.29, 0.717) is 12.0 Å². The quantitative estimate of drug-likeness (QED) is 0.714. The summed E-state index contributed by atoms with van der Waals surface area (Å²) in [4.78, 5) is 0. The second-order valence-corrected chi connectivity index (χ2v) is 5.02. The summed E-state index contributed by atoms with van der Waals surface area (Å²) in [5.41, 5.74) is 0.227. The zero-order chi connectivity index (χ0) is 10.5. The fraction of sp³-hybridized carbons (Fsp3) is 1.00. The van der Waals surface area contributed by atoms with Crippen molar-refractivity contribution < 1.29 is 4.74 Å². The van der Waals surface area contributed by atoms with E-state index in [1.165, 1.54) is 0 Å². The van der Waals surface area contributed by atoms with Gasteiger partial charge in [-0.15, -0.1) is 0 Å². The zero-order valence-electron chi connectivity index (χ0n) is 9.98. The van der Waals surface area contributed by atoms with Gasteiger partial charge in [-0.05, 0) is 46.6 Å². The van der Waals surface area contributed by atoms with Crippen LogP contribution in [0.3, 0.4) is 0 Å². The lowest BCUT2D eigenvalue weighted by Crippen LogP contribution is -2.39. The Bertz CT molecular complexity index is 129. The van der Waals surface area contributed by atoms with Crippen molar-refractivity contribution in [2.24, 2.45) is 5.92 Å². The van der Waals surface area contributed by atoms with E-state index in [1.54, 1.807) is 7.11 Å². The van der Waals surface area contributed by atoms with E-state index in [-0.39, 0.29) is 5.54 Å². The molecular weight excluding hydrogens is 162 g/mol. The molecule has 1 N–H and O–H groups in total. The van der Waals surface area contributed by atoms with E-state index in [4.69, 9.17) is 4.74 Å². The van der Waals surface area contributed by atoms with E-state index >= 15 is 0 Å². The Balaban J connectivity index is 3.57. The van der Waals surface area contributed by atoms with Gasteiger partial charge in [-0.25, -0.2) is 0 Å². The SMILES string of the molecule is COC(C)CC(C)CNC(C)(C)C. The minimum absolute atomic E-state index is 0.227. The molecule has 0 rings (SSSR count). The molecule has 0 saturated heterocycles. The van der Waals surface area contributed by atoms with Gasteiger partial charge in [-0.3, -0.25) is 0 Å². The Kier molecular flexibility index (Phi) is 5.57. The largest absolute Gasteiger partial charge is 0.382 e. The molecule has 0 saturated carbocycles. The van der Waals surface area contributed by atoms with Crippen LogP contribution in [0.15, 0.2) is 0 Å². The molecule has 2 heteroatoms. The summed E-state index contributed by atoms with van der Waals surface area (Å²) in [5.74, 6) is 0.675. The number of hydrogen-bond donors (Lipinski definition) is 1. The standard InChI is InChI=1S/C11H25NO/c1-9(7-10(2)13-6)8-12-11(3,4)5/h9-10,12H,7-8H2,1-6H3.